The number of carbonyl (C=O) groups is 1. The molecule has 1 aliphatic rings. The lowest BCUT2D eigenvalue weighted by Gasteiger charge is -2.38. The van der Waals surface area contributed by atoms with Crippen LogP contribution in [0.2, 0.25) is 0 Å². The van der Waals surface area contributed by atoms with Gasteiger partial charge in [-0.1, -0.05) is 31.5 Å². The third kappa shape index (κ3) is 2.74. The molecule has 1 fully saturated rings. The molecule has 0 radical (unpaired) electrons. The van der Waals surface area contributed by atoms with Gasteiger partial charge in [0.1, 0.15) is 0 Å². The van der Waals surface area contributed by atoms with E-state index in [2.05, 4.69) is 19.9 Å². The van der Waals surface area contributed by atoms with E-state index in [4.69, 9.17) is 0 Å². The molecular formula is C16H23NO. The van der Waals surface area contributed by atoms with Gasteiger partial charge in [-0.3, -0.25) is 4.79 Å². The fraction of sp³-hybridized carbons (Fsp3) is 0.562. The largest absolute Gasteiger partial charge is 0.338 e. The standard InChI is InChI=1S/C16H23NO/c1-12-6-7-13(2)14(10-12)15(18)17-9-5-8-16(3,4)11-17/h6-7,10H,5,8-9,11H2,1-4H3. The normalized spacial score (nSPS) is 18.8. The summed E-state index contributed by atoms with van der Waals surface area (Å²) >= 11 is 0. The summed E-state index contributed by atoms with van der Waals surface area (Å²) < 4.78 is 0. The first kappa shape index (κ1) is 13.1. The first-order valence-electron chi connectivity index (χ1n) is 6.76. The maximum absolute atomic E-state index is 12.6. The monoisotopic (exact) mass is 245 g/mol. The smallest absolute Gasteiger partial charge is 0.254 e. The Labute approximate surface area is 110 Å². The van der Waals surface area contributed by atoms with Crippen molar-refractivity contribution in [1.82, 2.24) is 4.90 Å². The molecule has 2 rings (SSSR count). The zero-order valence-corrected chi connectivity index (χ0v) is 11.9. The second-order valence-corrected chi connectivity index (χ2v) is 6.31. The average Bonchev–Trinajstić information content (AvgIpc) is 2.30. The van der Waals surface area contributed by atoms with Gasteiger partial charge in [-0.05, 0) is 43.7 Å². The summed E-state index contributed by atoms with van der Waals surface area (Å²) in [6.07, 6.45) is 2.33. The van der Waals surface area contributed by atoms with Gasteiger partial charge in [0.2, 0.25) is 0 Å². The molecule has 18 heavy (non-hydrogen) atoms. The van der Waals surface area contributed by atoms with Crippen LogP contribution in [-0.4, -0.2) is 23.9 Å². The van der Waals surface area contributed by atoms with E-state index in [9.17, 15) is 4.79 Å². The highest BCUT2D eigenvalue weighted by Gasteiger charge is 2.29. The van der Waals surface area contributed by atoms with Crippen LogP contribution in [0.4, 0.5) is 0 Å². The minimum Gasteiger partial charge on any atom is -0.338 e. The Morgan fingerprint density at radius 3 is 2.67 bits per heavy atom. The van der Waals surface area contributed by atoms with Crippen LogP contribution in [0.1, 0.15) is 48.2 Å². The SMILES string of the molecule is Cc1ccc(C)c(C(=O)N2CCCC(C)(C)C2)c1. The Hall–Kier alpha value is -1.31. The number of aryl methyl sites for hydroxylation is 2. The maximum Gasteiger partial charge on any atom is 0.254 e. The summed E-state index contributed by atoms with van der Waals surface area (Å²) in [6, 6.07) is 6.11. The second-order valence-electron chi connectivity index (χ2n) is 6.31. The van der Waals surface area contributed by atoms with Crippen LogP contribution in [-0.2, 0) is 0 Å². The predicted molar refractivity (Wildman–Crippen MR) is 74.8 cm³/mol. The van der Waals surface area contributed by atoms with Gasteiger partial charge in [0.25, 0.3) is 5.91 Å². The molecule has 1 aliphatic heterocycles. The molecule has 1 amide bonds. The molecule has 98 valence electrons. The summed E-state index contributed by atoms with van der Waals surface area (Å²) in [4.78, 5) is 14.6. The summed E-state index contributed by atoms with van der Waals surface area (Å²) in [5, 5.41) is 0. The number of nitrogens with zero attached hydrogens (tertiary/aromatic N) is 1. The molecule has 2 nitrogen and oxygen atoms in total. The Morgan fingerprint density at radius 1 is 1.28 bits per heavy atom. The first-order valence-corrected chi connectivity index (χ1v) is 6.76. The van der Waals surface area contributed by atoms with Crippen LogP contribution >= 0.6 is 0 Å². The third-order valence-electron chi connectivity index (χ3n) is 3.81. The number of amides is 1. The van der Waals surface area contributed by atoms with Crippen LogP contribution in [0.15, 0.2) is 18.2 Å². The van der Waals surface area contributed by atoms with Gasteiger partial charge < -0.3 is 4.90 Å². The van der Waals surface area contributed by atoms with Crippen LogP contribution in [0.5, 0.6) is 0 Å². The minimum absolute atomic E-state index is 0.198. The zero-order chi connectivity index (χ0) is 13.3. The molecule has 1 aromatic rings. The van der Waals surface area contributed by atoms with Gasteiger partial charge in [-0.25, -0.2) is 0 Å². The van der Waals surface area contributed by atoms with E-state index < -0.39 is 0 Å². The number of carbonyl (C=O) groups excluding carboxylic acids is 1. The van der Waals surface area contributed by atoms with Crippen molar-refractivity contribution < 1.29 is 4.79 Å². The van der Waals surface area contributed by atoms with Crippen LogP contribution < -0.4 is 0 Å². The van der Waals surface area contributed by atoms with E-state index in [1.54, 1.807) is 0 Å². The van der Waals surface area contributed by atoms with E-state index in [0.717, 1.165) is 36.2 Å². The van der Waals surface area contributed by atoms with Gasteiger partial charge in [0, 0.05) is 18.7 Å². The molecule has 0 bridgehead atoms. The van der Waals surface area contributed by atoms with Gasteiger partial charge >= 0.3 is 0 Å². The highest BCUT2D eigenvalue weighted by Crippen LogP contribution is 2.29. The number of likely N-dealkylation sites (tertiary alicyclic amines) is 1. The molecule has 0 spiro atoms. The molecule has 0 unspecified atom stereocenters. The fourth-order valence-corrected chi connectivity index (χ4v) is 2.73. The molecule has 0 aromatic heterocycles. The van der Waals surface area contributed by atoms with Gasteiger partial charge in [0.05, 0.1) is 0 Å². The highest BCUT2D eigenvalue weighted by atomic mass is 16.2. The number of hydrogen-bond acceptors (Lipinski definition) is 1. The molecular weight excluding hydrogens is 222 g/mol. The minimum atomic E-state index is 0.198. The average molecular weight is 245 g/mol. The van der Waals surface area contributed by atoms with Gasteiger partial charge in [-0.2, -0.15) is 0 Å². The summed E-state index contributed by atoms with van der Waals surface area (Å²) in [6.45, 7) is 10.3. The molecule has 0 atom stereocenters. The summed E-state index contributed by atoms with van der Waals surface area (Å²) in [5.41, 5.74) is 3.35. The topological polar surface area (TPSA) is 20.3 Å². The molecule has 1 aromatic carbocycles. The molecule has 0 aliphatic carbocycles. The van der Waals surface area contributed by atoms with Gasteiger partial charge in [0.15, 0.2) is 0 Å². The van der Waals surface area contributed by atoms with Crippen molar-refractivity contribution in [2.24, 2.45) is 5.41 Å². The Bertz CT molecular complexity index is 462. The van der Waals surface area contributed by atoms with Crippen molar-refractivity contribution in [3.63, 3.8) is 0 Å². The van der Waals surface area contributed by atoms with E-state index in [-0.39, 0.29) is 11.3 Å². The van der Waals surface area contributed by atoms with E-state index in [1.807, 2.05) is 30.9 Å². The summed E-state index contributed by atoms with van der Waals surface area (Å²) in [5.74, 6) is 0.198. The third-order valence-corrected chi connectivity index (χ3v) is 3.81. The zero-order valence-electron chi connectivity index (χ0n) is 11.9. The van der Waals surface area contributed by atoms with Crippen LogP contribution in [0.25, 0.3) is 0 Å². The molecule has 1 saturated heterocycles. The first-order chi connectivity index (χ1) is 8.39. The van der Waals surface area contributed by atoms with Crippen molar-refractivity contribution in [3.05, 3.63) is 34.9 Å². The number of hydrogen-bond donors (Lipinski definition) is 0. The lowest BCUT2D eigenvalue weighted by Crippen LogP contribution is -2.43. The van der Waals surface area contributed by atoms with Crippen molar-refractivity contribution >= 4 is 5.91 Å². The molecule has 1 heterocycles. The van der Waals surface area contributed by atoms with E-state index in [0.29, 0.717) is 0 Å². The second kappa shape index (κ2) is 4.75. The van der Waals surface area contributed by atoms with Crippen LogP contribution in [0, 0.1) is 19.3 Å². The van der Waals surface area contributed by atoms with Gasteiger partial charge in [-0.15, -0.1) is 0 Å². The van der Waals surface area contributed by atoms with E-state index in [1.165, 1.54) is 6.42 Å². The molecule has 0 saturated carbocycles. The Kier molecular flexibility index (Phi) is 3.47. The Balaban J connectivity index is 2.23. The van der Waals surface area contributed by atoms with Crippen molar-refractivity contribution in [2.45, 2.75) is 40.5 Å². The maximum atomic E-state index is 12.6. The van der Waals surface area contributed by atoms with E-state index >= 15 is 0 Å². The number of rotatable bonds is 1. The fourth-order valence-electron chi connectivity index (χ4n) is 2.73. The van der Waals surface area contributed by atoms with Crippen LogP contribution in [0.3, 0.4) is 0 Å². The summed E-state index contributed by atoms with van der Waals surface area (Å²) in [7, 11) is 0. The Morgan fingerprint density at radius 2 is 2.00 bits per heavy atom. The predicted octanol–water partition coefficient (Wildman–Crippen LogP) is 3.57. The quantitative estimate of drug-likeness (QED) is 0.740. The highest BCUT2D eigenvalue weighted by molar-refractivity contribution is 5.95. The van der Waals surface area contributed by atoms with Crippen molar-refractivity contribution in [2.75, 3.05) is 13.1 Å². The molecule has 2 heteroatoms. The lowest BCUT2D eigenvalue weighted by atomic mass is 9.84. The number of piperidine rings is 1. The van der Waals surface area contributed by atoms with Crippen molar-refractivity contribution in [1.29, 1.82) is 0 Å². The number of benzene rings is 1. The lowest BCUT2D eigenvalue weighted by molar-refractivity contribution is 0.0582. The molecule has 0 N–H and O–H groups in total. The van der Waals surface area contributed by atoms with Crippen molar-refractivity contribution in [3.8, 4) is 0 Å².